The molecule has 1 aliphatic heterocycles. The third-order valence-corrected chi connectivity index (χ3v) is 5.70. The summed E-state index contributed by atoms with van der Waals surface area (Å²) in [5.41, 5.74) is 1.51. The zero-order valence-electron chi connectivity index (χ0n) is 16.4. The van der Waals surface area contributed by atoms with Gasteiger partial charge in [0.1, 0.15) is 28.4 Å². The van der Waals surface area contributed by atoms with Crippen molar-refractivity contribution in [1.29, 1.82) is 0 Å². The first-order valence-corrected chi connectivity index (χ1v) is 9.78. The van der Waals surface area contributed by atoms with Crippen molar-refractivity contribution >= 4 is 23.5 Å². The van der Waals surface area contributed by atoms with Crippen LogP contribution in [0.5, 0.6) is 23.0 Å². The van der Waals surface area contributed by atoms with Crippen LogP contribution in [0.25, 0.3) is 0 Å². The number of nitrogens with one attached hydrogen (secondary N) is 1. The van der Waals surface area contributed by atoms with Crippen LogP contribution in [0.15, 0.2) is 36.4 Å². The lowest BCUT2D eigenvalue weighted by Gasteiger charge is -2.26. The zero-order valence-corrected chi connectivity index (χ0v) is 17.2. The monoisotopic (exact) mass is 404 g/mol. The number of thioether (sulfide) groups is 1. The molecule has 1 heterocycles. The highest BCUT2D eigenvalue weighted by atomic mass is 32.2. The Bertz CT molecular complexity index is 823. The summed E-state index contributed by atoms with van der Waals surface area (Å²) in [6, 6.07) is 10.7. The fourth-order valence-corrected chi connectivity index (χ4v) is 4.31. The predicted octanol–water partition coefficient (Wildman–Crippen LogP) is 4.00. The van der Waals surface area contributed by atoms with E-state index in [0.29, 0.717) is 23.7 Å². The summed E-state index contributed by atoms with van der Waals surface area (Å²) >= 11 is 1.69. The fourth-order valence-electron chi connectivity index (χ4n) is 3.04. The van der Waals surface area contributed by atoms with Crippen LogP contribution in [0.4, 0.5) is 10.5 Å². The average molecular weight is 404 g/mol. The van der Waals surface area contributed by atoms with Crippen molar-refractivity contribution in [3.8, 4) is 23.0 Å². The molecule has 1 saturated heterocycles. The molecule has 2 amide bonds. The van der Waals surface area contributed by atoms with Crippen LogP contribution in [-0.2, 0) is 0 Å². The van der Waals surface area contributed by atoms with Crippen LogP contribution in [0.3, 0.4) is 0 Å². The normalized spacial score (nSPS) is 15.9. The van der Waals surface area contributed by atoms with E-state index >= 15 is 0 Å². The Morgan fingerprint density at radius 3 is 2.25 bits per heavy atom. The van der Waals surface area contributed by atoms with Gasteiger partial charge in [-0.15, -0.1) is 11.8 Å². The highest BCUT2D eigenvalue weighted by molar-refractivity contribution is 7.99. The van der Waals surface area contributed by atoms with Gasteiger partial charge in [-0.05, 0) is 18.2 Å². The number of urea groups is 1. The first kappa shape index (κ1) is 20.0. The third-order valence-electron chi connectivity index (χ3n) is 4.46. The van der Waals surface area contributed by atoms with E-state index in [1.54, 1.807) is 63.3 Å². The lowest BCUT2D eigenvalue weighted by atomic mass is 10.1. The minimum atomic E-state index is -0.199. The topological polar surface area (TPSA) is 69.3 Å². The number of carbonyl (C=O) groups is 1. The molecular formula is C20H24N2O5S. The van der Waals surface area contributed by atoms with Gasteiger partial charge in [0, 0.05) is 41.7 Å². The van der Waals surface area contributed by atoms with Crippen LogP contribution < -0.4 is 24.3 Å². The molecule has 1 aliphatic rings. The van der Waals surface area contributed by atoms with Crippen molar-refractivity contribution in [2.45, 2.75) is 5.37 Å². The van der Waals surface area contributed by atoms with Crippen LogP contribution >= 0.6 is 11.8 Å². The molecule has 0 aliphatic carbocycles. The quantitative estimate of drug-likeness (QED) is 0.785. The van der Waals surface area contributed by atoms with E-state index < -0.39 is 0 Å². The summed E-state index contributed by atoms with van der Waals surface area (Å²) in [7, 11) is 6.39. The summed E-state index contributed by atoms with van der Waals surface area (Å²) in [6.07, 6.45) is 0. The molecule has 0 aromatic heterocycles. The summed E-state index contributed by atoms with van der Waals surface area (Å²) in [4.78, 5) is 14.8. The number of ether oxygens (including phenoxy) is 4. The van der Waals surface area contributed by atoms with Gasteiger partial charge < -0.3 is 29.2 Å². The lowest BCUT2D eigenvalue weighted by molar-refractivity contribution is 0.213. The number of hydrogen-bond donors (Lipinski definition) is 1. The number of hydrogen-bond acceptors (Lipinski definition) is 6. The Morgan fingerprint density at radius 1 is 0.964 bits per heavy atom. The maximum absolute atomic E-state index is 13.0. The van der Waals surface area contributed by atoms with Gasteiger partial charge in [-0.3, -0.25) is 0 Å². The SMILES string of the molecule is COc1cc(NC(=O)N2CCS[C@H]2c2cc(OC)ccc2OC)cc(OC)c1. The van der Waals surface area contributed by atoms with Gasteiger partial charge in [0.15, 0.2) is 0 Å². The molecule has 7 nitrogen and oxygen atoms in total. The van der Waals surface area contributed by atoms with Gasteiger partial charge in [-0.2, -0.15) is 0 Å². The third kappa shape index (κ3) is 4.22. The van der Waals surface area contributed by atoms with Crippen molar-refractivity contribution in [3.63, 3.8) is 0 Å². The Hall–Kier alpha value is -2.74. The van der Waals surface area contributed by atoms with Gasteiger partial charge in [0.05, 0.1) is 28.4 Å². The van der Waals surface area contributed by atoms with Gasteiger partial charge in [0.25, 0.3) is 0 Å². The number of anilines is 1. The number of nitrogens with zero attached hydrogens (tertiary/aromatic N) is 1. The van der Waals surface area contributed by atoms with Gasteiger partial charge in [-0.1, -0.05) is 0 Å². The van der Waals surface area contributed by atoms with E-state index in [1.807, 2.05) is 18.2 Å². The van der Waals surface area contributed by atoms with Crippen molar-refractivity contribution in [2.75, 3.05) is 46.1 Å². The van der Waals surface area contributed by atoms with Crippen LogP contribution in [0.2, 0.25) is 0 Å². The van der Waals surface area contributed by atoms with E-state index in [9.17, 15) is 4.79 Å². The molecular weight excluding hydrogens is 380 g/mol. The van der Waals surface area contributed by atoms with Crippen molar-refractivity contribution < 1.29 is 23.7 Å². The van der Waals surface area contributed by atoms with E-state index in [1.165, 1.54) is 0 Å². The fraction of sp³-hybridized carbons (Fsp3) is 0.350. The zero-order chi connectivity index (χ0) is 20.1. The maximum Gasteiger partial charge on any atom is 0.323 e. The van der Waals surface area contributed by atoms with Crippen molar-refractivity contribution in [1.82, 2.24) is 4.90 Å². The molecule has 3 rings (SSSR count). The van der Waals surface area contributed by atoms with Crippen LogP contribution in [-0.4, -0.2) is 51.7 Å². The molecule has 150 valence electrons. The average Bonchev–Trinajstić information content (AvgIpc) is 3.22. The largest absolute Gasteiger partial charge is 0.497 e. The molecule has 2 aromatic rings. The molecule has 0 saturated carbocycles. The molecule has 2 aromatic carbocycles. The van der Waals surface area contributed by atoms with Gasteiger partial charge >= 0.3 is 6.03 Å². The first-order chi connectivity index (χ1) is 13.6. The molecule has 0 radical (unpaired) electrons. The molecule has 1 atom stereocenters. The van der Waals surface area contributed by atoms with Crippen molar-refractivity contribution in [2.24, 2.45) is 0 Å². The van der Waals surface area contributed by atoms with Crippen molar-refractivity contribution in [3.05, 3.63) is 42.0 Å². The van der Waals surface area contributed by atoms with E-state index in [-0.39, 0.29) is 11.4 Å². The second kappa shape index (κ2) is 8.97. The maximum atomic E-state index is 13.0. The second-order valence-electron chi connectivity index (χ2n) is 6.06. The minimum absolute atomic E-state index is 0.169. The number of carbonyl (C=O) groups excluding carboxylic acids is 1. The van der Waals surface area contributed by atoms with E-state index in [4.69, 9.17) is 18.9 Å². The number of amides is 2. The number of benzene rings is 2. The molecule has 1 fully saturated rings. The standard InChI is InChI=1S/C20H24N2O5S/c1-24-14-5-6-18(27-4)17(12-14)19-22(7-8-28-19)20(23)21-13-9-15(25-2)11-16(10-13)26-3/h5-6,9-12,19H,7-8H2,1-4H3,(H,21,23)/t19-/m0/s1. The van der Waals surface area contributed by atoms with E-state index in [2.05, 4.69) is 5.32 Å². The Labute approximate surface area is 168 Å². The van der Waals surface area contributed by atoms with E-state index in [0.717, 1.165) is 22.8 Å². The molecule has 0 spiro atoms. The summed E-state index contributed by atoms with van der Waals surface area (Å²) in [5.74, 6) is 3.50. The van der Waals surface area contributed by atoms with Gasteiger partial charge in [-0.25, -0.2) is 4.79 Å². The lowest BCUT2D eigenvalue weighted by Crippen LogP contribution is -2.34. The van der Waals surface area contributed by atoms with Crippen LogP contribution in [0.1, 0.15) is 10.9 Å². The Balaban J connectivity index is 1.84. The summed E-state index contributed by atoms with van der Waals surface area (Å²) < 4.78 is 21.4. The molecule has 28 heavy (non-hydrogen) atoms. The second-order valence-corrected chi connectivity index (χ2v) is 7.24. The molecule has 8 heteroatoms. The minimum Gasteiger partial charge on any atom is -0.497 e. The van der Waals surface area contributed by atoms with Gasteiger partial charge in [0.2, 0.25) is 0 Å². The summed E-state index contributed by atoms with van der Waals surface area (Å²) in [6.45, 7) is 0.628. The summed E-state index contributed by atoms with van der Waals surface area (Å²) in [5, 5.41) is 2.77. The smallest absolute Gasteiger partial charge is 0.323 e. The molecule has 0 bridgehead atoms. The predicted molar refractivity (Wildman–Crippen MR) is 110 cm³/mol. The Kier molecular flexibility index (Phi) is 6.41. The number of rotatable bonds is 6. The first-order valence-electron chi connectivity index (χ1n) is 8.73. The van der Waals surface area contributed by atoms with Crippen LogP contribution in [0, 0.1) is 0 Å². The highest BCUT2D eigenvalue weighted by Crippen LogP contribution is 2.43. The molecule has 0 unspecified atom stereocenters. The molecule has 1 N–H and O–H groups in total. The number of methoxy groups -OCH3 is 4. The highest BCUT2D eigenvalue weighted by Gasteiger charge is 2.33. The Morgan fingerprint density at radius 2 is 1.64 bits per heavy atom.